The number of carboxylic acids is 2. The Balaban J connectivity index is -0.000000333. The number of aliphatic carboxylic acids is 2. The Morgan fingerprint density at radius 1 is 0.783 bits per heavy atom. The quantitative estimate of drug-likeness (QED) is 0.375. The molecule has 0 rings (SSSR count). The summed E-state index contributed by atoms with van der Waals surface area (Å²) in [4.78, 5) is 20.0. The molecular formula is C16H28CaCl2O4. The maximum atomic E-state index is 10.0. The van der Waals surface area contributed by atoms with Gasteiger partial charge < -0.3 is 19.8 Å². The normalized spacial score (nSPS) is 12.3. The van der Waals surface area contributed by atoms with Crippen LogP contribution < -0.4 is 10.2 Å². The van der Waals surface area contributed by atoms with E-state index in [1.807, 2.05) is 0 Å². The van der Waals surface area contributed by atoms with Gasteiger partial charge in [-0.2, -0.15) is 0 Å². The molecule has 132 valence electrons. The summed E-state index contributed by atoms with van der Waals surface area (Å²) in [5.74, 6) is -2.01. The summed E-state index contributed by atoms with van der Waals surface area (Å²) in [7, 11) is 0. The summed E-state index contributed by atoms with van der Waals surface area (Å²) in [6.07, 6.45) is 7.39. The molecule has 0 spiro atoms. The van der Waals surface area contributed by atoms with E-state index >= 15 is 0 Å². The maximum absolute atomic E-state index is 10.0. The smallest absolute Gasteiger partial charge is 0.550 e. The second kappa shape index (κ2) is 20.8. The van der Waals surface area contributed by atoms with Gasteiger partial charge in [-0.15, -0.1) is 23.2 Å². The first-order valence-corrected chi connectivity index (χ1v) is 8.88. The largest absolute Gasteiger partial charge is 2.00 e. The summed E-state index contributed by atoms with van der Waals surface area (Å²) in [5.41, 5.74) is 0. The van der Waals surface area contributed by atoms with Crippen molar-refractivity contribution in [2.45, 2.75) is 88.8 Å². The van der Waals surface area contributed by atoms with E-state index in [0.717, 1.165) is 38.5 Å². The topological polar surface area (TPSA) is 80.3 Å². The van der Waals surface area contributed by atoms with Crippen LogP contribution in [-0.4, -0.2) is 60.4 Å². The van der Waals surface area contributed by atoms with Crippen LogP contribution in [0.15, 0.2) is 0 Å². The van der Waals surface area contributed by atoms with Crippen molar-refractivity contribution in [3.63, 3.8) is 0 Å². The average molecular weight is 395 g/mol. The molecule has 4 nitrogen and oxygen atoms in total. The van der Waals surface area contributed by atoms with E-state index in [-0.39, 0.29) is 61.3 Å². The molecule has 0 radical (unpaired) electrons. The van der Waals surface area contributed by atoms with Crippen LogP contribution in [0.5, 0.6) is 0 Å². The molecule has 0 aromatic carbocycles. The number of hydrogen-bond donors (Lipinski definition) is 0. The predicted molar refractivity (Wildman–Crippen MR) is 92.6 cm³/mol. The van der Waals surface area contributed by atoms with Gasteiger partial charge in [-0.3, -0.25) is 0 Å². The molecule has 0 amide bonds. The van der Waals surface area contributed by atoms with Gasteiger partial charge in [0.2, 0.25) is 0 Å². The van der Waals surface area contributed by atoms with Gasteiger partial charge in [0.1, 0.15) is 0 Å². The number of unbranched alkanes of at least 4 members (excludes halogenated alkanes) is 2. The van der Waals surface area contributed by atoms with Crippen molar-refractivity contribution in [1.29, 1.82) is 0 Å². The van der Waals surface area contributed by atoms with Crippen molar-refractivity contribution in [3.8, 4) is 0 Å². The van der Waals surface area contributed by atoms with Crippen molar-refractivity contribution in [1.82, 2.24) is 0 Å². The zero-order valence-electron chi connectivity index (χ0n) is 14.3. The Morgan fingerprint density at radius 2 is 1.09 bits per heavy atom. The van der Waals surface area contributed by atoms with Crippen molar-refractivity contribution in [2.75, 3.05) is 0 Å². The number of alkyl halides is 2. The zero-order valence-corrected chi connectivity index (χ0v) is 18.0. The SMILES string of the molecule is CCCCC(Cl)CCC(=O)[O-].CCCCC(Cl)CCC(=O)[O-].[Ca+2]. The van der Waals surface area contributed by atoms with Gasteiger partial charge >= 0.3 is 37.7 Å². The Kier molecular flexibility index (Phi) is 25.9. The van der Waals surface area contributed by atoms with Crippen LogP contribution in [0.2, 0.25) is 0 Å². The molecule has 0 aliphatic carbocycles. The second-order valence-electron chi connectivity index (χ2n) is 5.30. The van der Waals surface area contributed by atoms with Crippen LogP contribution in [0, 0.1) is 0 Å². The second-order valence-corrected chi connectivity index (χ2v) is 6.53. The van der Waals surface area contributed by atoms with Crippen LogP contribution in [0.1, 0.15) is 78.1 Å². The standard InChI is InChI=1S/2C8H15ClO2.Ca/c2*1-2-3-4-7(9)5-6-8(10)11;/h2*7H,2-6H2,1H3,(H,10,11);/q;;+2/p-2. The molecule has 2 atom stereocenters. The predicted octanol–water partition coefficient (Wildman–Crippen LogP) is 2.25. The first-order chi connectivity index (χ1) is 10.3. The average Bonchev–Trinajstić information content (AvgIpc) is 2.47. The van der Waals surface area contributed by atoms with E-state index in [9.17, 15) is 19.8 Å². The monoisotopic (exact) mass is 394 g/mol. The zero-order chi connectivity index (χ0) is 17.4. The molecule has 0 aliphatic rings. The van der Waals surface area contributed by atoms with E-state index in [1.54, 1.807) is 0 Å². The van der Waals surface area contributed by atoms with E-state index in [2.05, 4.69) is 13.8 Å². The molecule has 0 aliphatic heterocycles. The number of carboxylic acid groups (broad SMARTS) is 2. The summed E-state index contributed by atoms with van der Waals surface area (Å²) >= 11 is 11.6. The maximum Gasteiger partial charge on any atom is 2.00 e. The van der Waals surface area contributed by atoms with Gasteiger partial charge in [-0.05, 0) is 38.5 Å². The molecule has 0 N–H and O–H groups in total. The van der Waals surface area contributed by atoms with Crippen molar-refractivity contribution < 1.29 is 19.8 Å². The van der Waals surface area contributed by atoms with E-state index in [4.69, 9.17) is 23.2 Å². The number of rotatable bonds is 12. The number of hydrogen-bond acceptors (Lipinski definition) is 4. The van der Waals surface area contributed by atoms with Crippen molar-refractivity contribution >= 4 is 72.9 Å². The third-order valence-electron chi connectivity index (χ3n) is 3.07. The van der Waals surface area contributed by atoms with Gasteiger partial charge in [0.25, 0.3) is 0 Å². The molecule has 0 saturated heterocycles. The van der Waals surface area contributed by atoms with E-state index in [1.165, 1.54) is 0 Å². The van der Waals surface area contributed by atoms with Gasteiger partial charge in [0.15, 0.2) is 0 Å². The molecule has 0 aromatic heterocycles. The fraction of sp³-hybridized carbons (Fsp3) is 0.875. The number of halogens is 2. The minimum atomic E-state index is -1.01. The fourth-order valence-corrected chi connectivity index (χ4v) is 2.22. The van der Waals surface area contributed by atoms with Crippen LogP contribution in [0.3, 0.4) is 0 Å². The fourth-order valence-electron chi connectivity index (χ4n) is 1.69. The number of carbonyl (C=O) groups excluding carboxylic acids is 2. The molecular weight excluding hydrogens is 367 g/mol. The summed E-state index contributed by atoms with van der Waals surface area (Å²) in [6.45, 7) is 4.17. The van der Waals surface area contributed by atoms with Gasteiger partial charge in [0.05, 0.1) is 0 Å². The molecule has 0 bridgehead atoms. The third-order valence-corrected chi connectivity index (χ3v) is 3.94. The minimum Gasteiger partial charge on any atom is -0.550 e. The van der Waals surface area contributed by atoms with E-state index < -0.39 is 11.9 Å². The summed E-state index contributed by atoms with van der Waals surface area (Å²) < 4.78 is 0. The van der Waals surface area contributed by atoms with Crippen LogP contribution in [0.25, 0.3) is 0 Å². The minimum absolute atomic E-state index is 0. The first kappa shape index (κ1) is 28.6. The molecule has 0 fully saturated rings. The Labute approximate surface area is 180 Å². The summed E-state index contributed by atoms with van der Waals surface area (Å²) in [6, 6.07) is 0. The van der Waals surface area contributed by atoms with Gasteiger partial charge in [-0.25, -0.2) is 0 Å². The summed E-state index contributed by atoms with van der Waals surface area (Å²) in [5, 5.41) is 20.0. The van der Waals surface area contributed by atoms with Crippen molar-refractivity contribution in [3.05, 3.63) is 0 Å². The first-order valence-electron chi connectivity index (χ1n) is 8.01. The van der Waals surface area contributed by atoms with E-state index in [0.29, 0.717) is 12.8 Å². The Hall–Kier alpha value is 0.780. The third kappa shape index (κ3) is 27.9. The number of carbonyl (C=O) groups is 2. The molecule has 0 aromatic rings. The van der Waals surface area contributed by atoms with Crippen LogP contribution in [-0.2, 0) is 9.59 Å². The van der Waals surface area contributed by atoms with Crippen LogP contribution in [0.4, 0.5) is 0 Å². The Morgan fingerprint density at radius 3 is 1.30 bits per heavy atom. The molecule has 2 unspecified atom stereocenters. The molecule has 0 heterocycles. The molecule has 0 saturated carbocycles. The molecule has 23 heavy (non-hydrogen) atoms. The van der Waals surface area contributed by atoms with Gasteiger partial charge in [0, 0.05) is 22.7 Å². The molecule has 7 heteroatoms. The van der Waals surface area contributed by atoms with Crippen LogP contribution >= 0.6 is 23.2 Å². The Bertz CT molecular complexity index is 263. The van der Waals surface area contributed by atoms with Crippen molar-refractivity contribution in [2.24, 2.45) is 0 Å². The van der Waals surface area contributed by atoms with Gasteiger partial charge in [-0.1, -0.05) is 39.5 Å².